The van der Waals surface area contributed by atoms with E-state index in [1.807, 2.05) is 24.3 Å². The van der Waals surface area contributed by atoms with E-state index in [2.05, 4.69) is 10.3 Å². The minimum atomic E-state index is -0.408. The Kier molecular flexibility index (Phi) is 4.61. The lowest BCUT2D eigenvalue weighted by Gasteiger charge is -2.11. The van der Waals surface area contributed by atoms with Crippen LogP contribution in [0, 0.1) is 0 Å². The molecule has 0 fully saturated rings. The number of ether oxygens (including phenoxy) is 2. The van der Waals surface area contributed by atoms with Crippen molar-refractivity contribution in [2.24, 2.45) is 0 Å². The van der Waals surface area contributed by atoms with Crippen LogP contribution in [-0.4, -0.2) is 16.9 Å². The quantitative estimate of drug-likeness (QED) is 0.731. The minimum Gasteiger partial charge on any atom is -0.438 e. The van der Waals surface area contributed by atoms with E-state index >= 15 is 0 Å². The van der Waals surface area contributed by atoms with E-state index in [1.165, 1.54) is 20.0 Å². The van der Waals surface area contributed by atoms with Crippen LogP contribution in [0.15, 0.2) is 54.7 Å². The average molecular weight is 336 g/mol. The number of carbonyl (C=O) groups is 2. The summed E-state index contributed by atoms with van der Waals surface area (Å²) in [5, 5.41) is 4.16. The number of esters is 1. The molecule has 0 saturated heterocycles. The monoisotopic (exact) mass is 336 g/mol. The lowest BCUT2D eigenvalue weighted by molar-refractivity contribution is -0.131. The normalized spacial score (nSPS) is 10.3. The summed E-state index contributed by atoms with van der Waals surface area (Å²) in [6.45, 7) is 2.79. The highest BCUT2D eigenvalue weighted by Gasteiger charge is 2.11. The van der Waals surface area contributed by atoms with E-state index in [9.17, 15) is 9.59 Å². The first-order chi connectivity index (χ1) is 12.0. The number of pyridine rings is 1. The molecule has 0 atom stereocenters. The van der Waals surface area contributed by atoms with E-state index in [1.54, 1.807) is 24.3 Å². The number of anilines is 1. The zero-order valence-corrected chi connectivity index (χ0v) is 13.8. The van der Waals surface area contributed by atoms with Crippen molar-refractivity contribution in [1.82, 2.24) is 4.98 Å². The van der Waals surface area contributed by atoms with E-state index < -0.39 is 5.97 Å². The van der Waals surface area contributed by atoms with Crippen molar-refractivity contribution in [3.05, 3.63) is 54.7 Å². The molecule has 0 saturated carbocycles. The second-order valence-corrected chi connectivity index (χ2v) is 5.37. The summed E-state index contributed by atoms with van der Waals surface area (Å²) in [5.41, 5.74) is 0.683. The number of nitrogens with zero attached hydrogens (tertiary/aromatic N) is 1. The number of aromatic nitrogens is 1. The molecule has 0 bridgehead atoms. The van der Waals surface area contributed by atoms with Gasteiger partial charge in [0, 0.05) is 30.3 Å². The molecule has 6 heteroatoms. The van der Waals surface area contributed by atoms with Crippen LogP contribution in [0.4, 0.5) is 5.69 Å². The first-order valence-corrected chi connectivity index (χ1v) is 7.64. The fourth-order valence-electron chi connectivity index (χ4n) is 2.38. The van der Waals surface area contributed by atoms with Crippen LogP contribution in [0.5, 0.6) is 17.4 Å². The molecule has 0 aliphatic heterocycles. The van der Waals surface area contributed by atoms with Gasteiger partial charge in [-0.25, -0.2) is 4.98 Å². The van der Waals surface area contributed by atoms with Gasteiger partial charge in [-0.15, -0.1) is 0 Å². The van der Waals surface area contributed by atoms with Crippen molar-refractivity contribution >= 4 is 28.3 Å². The molecule has 0 aliphatic rings. The van der Waals surface area contributed by atoms with Crippen LogP contribution in [0.25, 0.3) is 10.8 Å². The molecule has 3 aromatic rings. The lowest BCUT2D eigenvalue weighted by atomic mass is 10.1. The van der Waals surface area contributed by atoms with Gasteiger partial charge in [-0.3, -0.25) is 9.59 Å². The zero-order chi connectivity index (χ0) is 17.8. The van der Waals surface area contributed by atoms with Crippen LogP contribution in [0.3, 0.4) is 0 Å². The van der Waals surface area contributed by atoms with Gasteiger partial charge in [0.1, 0.15) is 5.75 Å². The molecule has 126 valence electrons. The summed E-state index contributed by atoms with van der Waals surface area (Å²) in [5.74, 6) is 0.818. The van der Waals surface area contributed by atoms with Crippen LogP contribution >= 0.6 is 0 Å². The van der Waals surface area contributed by atoms with Crippen molar-refractivity contribution in [3.8, 4) is 17.4 Å². The van der Waals surface area contributed by atoms with Gasteiger partial charge >= 0.3 is 5.97 Å². The topological polar surface area (TPSA) is 77.5 Å². The van der Waals surface area contributed by atoms with Gasteiger partial charge in [-0.05, 0) is 30.3 Å². The van der Waals surface area contributed by atoms with E-state index in [0.717, 1.165) is 10.8 Å². The van der Waals surface area contributed by atoms with Gasteiger partial charge in [-0.2, -0.15) is 0 Å². The Hall–Kier alpha value is -3.41. The number of nitrogens with one attached hydrogen (secondary N) is 1. The molecule has 3 rings (SSSR count). The van der Waals surface area contributed by atoms with Gasteiger partial charge in [0.15, 0.2) is 5.75 Å². The molecule has 6 nitrogen and oxygen atoms in total. The highest BCUT2D eigenvalue weighted by molar-refractivity contribution is 5.93. The predicted molar refractivity (Wildman–Crippen MR) is 93.9 cm³/mol. The minimum absolute atomic E-state index is 0.137. The molecule has 1 aromatic heterocycles. The van der Waals surface area contributed by atoms with E-state index in [4.69, 9.17) is 9.47 Å². The Labute approximate surface area is 144 Å². The summed E-state index contributed by atoms with van der Waals surface area (Å²) < 4.78 is 11.0. The summed E-state index contributed by atoms with van der Waals surface area (Å²) >= 11 is 0. The average Bonchev–Trinajstić information content (AvgIpc) is 2.58. The lowest BCUT2D eigenvalue weighted by Crippen LogP contribution is -2.05. The number of amides is 1. The highest BCUT2D eigenvalue weighted by atomic mass is 16.5. The third-order valence-corrected chi connectivity index (χ3v) is 3.36. The summed E-state index contributed by atoms with van der Waals surface area (Å²) in [6.07, 6.45) is 1.46. The Morgan fingerprint density at radius 2 is 1.64 bits per heavy atom. The molecule has 0 unspecified atom stereocenters. The van der Waals surface area contributed by atoms with Gasteiger partial charge in [0.25, 0.3) is 0 Å². The molecule has 1 amide bonds. The molecule has 1 heterocycles. The second-order valence-electron chi connectivity index (χ2n) is 5.37. The number of hydrogen-bond acceptors (Lipinski definition) is 5. The number of carbonyl (C=O) groups excluding carboxylic acids is 2. The Bertz CT molecular complexity index is 936. The van der Waals surface area contributed by atoms with Crippen LogP contribution < -0.4 is 14.8 Å². The third-order valence-electron chi connectivity index (χ3n) is 3.36. The number of fused-ring (bicyclic) bond motifs is 1. The van der Waals surface area contributed by atoms with Crippen LogP contribution in [-0.2, 0) is 9.59 Å². The smallest absolute Gasteiger partial charge is 0.308 e. The number of hydrogen-bond donors (Lipinski definition) is 1. The molecule has 0 aliphatic carbocycles. The molecule has 25 heavy (non-hydrogen) atoms. The summed E-state index contributed by atoms with van der Waals surface area (Å²) in [6, 6.07) is 14.3. The molecule has 0 radical (unpaired) electrons. The zero-order valence-electron chi connectivity index (χ0n) is 13.8. The number of benzene rings is 2. The Balaban J connectivity index is 1.91. The summed E-state index contributed by atoms with van der Waals surface area (Å²) in [4.78, 5) is 26.5. The van der Waals surface area contributed by atoms with Crippen molar-refractivity contribution in [2.75, 3.05) is 5.32 Å². The maximum absolute atomic E-state index is 11.2. The van der Waals surface area contributed by atoms with Crippen LogP contribution in [0.2, 0.25) is 0 Å². The van der Waals surface area contributed by atoms with Crippen LogP contribution in [0.1, 0.15) is 13.8 Å². The molecular formula is C19H16N2O4. The third kappa shape index (κ3) is 3.92. The van der Waals surface area contributed by atoms with E-state index in [-0.39, 0.29) is 5.91 Å². The maximum atomic E-state index is 11.2. The van der Waals surface area contributed by atoms with Crippen molar-refractivity contribution in [1.29, 1.82) is 0 Å². The summed E-state index contributed by atoms with van der Waals surface area (Å²) in [7, 11) is 0. The number of rotatable bonds is 4. The van der Waals surface area contributed by atoms with Gasteiger partial charge in [0.2, 0.25) is 11.8 Å². The highest BCUT2D eigenvalue weighted by Crippen LogP contribution is 2.33. The Morgan fingerprint density at radius 1 is 0.960 bits per heavy atom. The molecular weight excluding hydrogens is 320 g/mol. The predicted octanol–water partition coefficient (Wildman–Crippen LogP) is 3.91. The molecule has 2 aromatic carbocycles. The maximum Gasteiger partial charge on any atom is 0.308 e. The van der Waals surface area contributed by atoms with Crippen molar-refractivity contribution < 1.29 is 19.1 Å². The van der Waals surface area contributed by atoms with E-state index in [0.29, 0.717) is 23.1 Å². The van der Waals surface area contributed by atoms with Gasteiger partial charge < -0.3 is 14.8 Å². The van der Waals surface area contributed by atoms with Crippen molar-refractivity contribution in [3.63, 3.8) is 0 Å². The SMILES string of the molecule is CC(=O)Nc1ccc(Oc2ncc(OC(C)=O)c3ccccc23)cc1. The largest absolute Gasteiger partial charge is 0.438 e. The fourth-order valence-corrected chi connectivity index (χ4v) is 2.38. The first-order valence-electron chi connectivity index (χ1n) is 7.64. The first kappa shape index (κ1) is 16.4. The standard InChI is InChI=1S/C19H16N2O4/c1-12(22)21-14-7-9-15(10-8-14)25-19-17-6-4-3-5-16(17)18(11-20-19)24-13(2)23/h3-11H,1-2H3,(H,21,22). The van der Waals surface area contributed by atoms with Crippen molar-refractivity contribution in [2.45, 2.75) is 13.8 Å². The second kappa shape index (κ2) is 7.00. The molecule has 0 spiro atoms. The molecule has 1 N–H and O–H groups in total. The van der Waals surface area contributed by atoms with Gasteiger partial charge in [-0.1, -0.05) is 18.2 Å². The Morgan fingerprint density at radius 3 is 2.28 bits per heavy atom. The fraction of sp³-hybridized carbons (Fsp3) is 0.105. The van der Waals surface area contributed by atoms with Gasteiger partial charge in [0.05, 0.1) is 6.20 Å².